The molecule has 0 aliphatic carbocycles. The van der Waals surface area contributed by atoms with Crippen molar-refractivity contribution in [3.63, 3.8) is 0 Å². The third-order valence-electron chi connectivity index (χ3n) is 2.05. The first-order chi connectivity index (χ1) is 7.43. The second-order valence-electron chi connectivity index (χ2n) is 3.97. The molecule has 1 aromatic rings. The molecule has 1 aromatic carbocycles. The monoisotopic (exact) mass is 280 g/mol. The van der Waals surface area contributed by atoms with Gasteiger partial charge in [-0.25, -0.2) is 0 Å². The molecule has 0 spiro atoms. The van der Waals surface area contributed by atoms with Gasteiger partial charge in [0.2, 0.25) is 5.91 Å². The Hall–Kier alpha value is -1.34. The Morgan fingerprint density at radius 2 is 2.25 bits per heavy atom. The van der Waals surface area contributed by atoms with Crippen LogP contribution >= 0.6 is 15.9 Å². The number of nitriles is 1. The Kier molecular flexibility index (Phi) is 4.08. The highest BCUT2D eigenvalue weighted by molar-refractivity contribution is 9.10. The summed E-state index contributed by atoms with van der Waals surface area (Å²) in [5.41, 5.74) is 1.52. The second-order valence-corrected chi connectivity index (χ2v) is 5.95. The lowest BCUT2D eigenvalue weighted by atomic mass is 10.1. The van der Waals surface area contributed by atoms with Gasteiger partial charge in [-0.3, -0.25) is 4.79 Å². The predicted octanol–water partition coefficient (Wildman–Crippen LogP) is 2.35. The van der Waals surface area contributed by atoms with E-state index in [2.05, 4.69) is 27.3 Å². The molecule has 0 aliphatic rings. The Balaban J connectivity index is 2.62. The van der Waals surface area contributed by atoms with Crippen molar-refractivity contribution in [2.75, 3.05) is 0 Å². The van der Waals surface area contributed by atoms with Crippen LogP contribution in [-0.2, 0) is 11.3 Å². The quantitative estimate of drug-likeness (QED) is 0.865. The van der Waals surface area contributed by atoms with Gasteiger partial charge in [-0.05, 0) is 31.5 Å². The van der Waals surface area contributed by atoms with Crippen molar-refractivity contribution in [1.29, 1.82) is 5.26 Å². The number of benzene rings is 1. The number of rotatable bonds is 3. The maximum absolute atomic E-state index is 11.6. The zero-order valence-electron chi connectivity index (χ0n) is 9.25. The van der Waals surface area contributed by atoms with E-state index in [1.54, 1.807) is 32.0 Å². The number of carbonyl (C=O) groups excluding carboxylic acids is 1. The molecule has 0 saturated carbocycles. The third kappa shape index (κ3) is 3.67. The molecule has 0 atom stereocenters. The highest BCUT2D eigenvalue weighted by atomic mass is 79.9. The van der Waals surface area contributed by atoms with Gasteiger partial charge in [0.25, 0.3) is 0 Å². The number of halogens is 1. The fourth-order valence-electron chi connectivity index (χ4n) is 1.14. The zero-order chi connectivity index (χ0) is 12.2. The number of carbonyl (C=O) groups is 1. The third-order valence-corrected chi connectivity index (χ3v) is 2.41. The summed E-state index contributed by atoms with van der Waals surface area (Å²) in [5.74, 6) is -0.0742. The molecule has 3 nitrogen and oxygen atoms in total. The van der Waals surface area contributed by atoms with Crippen LogP contribution in [0.25, 0.3) is 0 Å². The number of alkyl halides is 1. The minimum atomic E-state index is -0.570. The van der Waals surface area contributed by atoms with E-state index in [9.17, 15) is 4.79 Å². The van der Waals surface area contributed by atoms with E-state index in [-0.39, 0.29) is 5.91 Å². The van der Waals surface area contributed by atoms with Crippen LogP contribution in [0.15, 0.2) is 24.3 Å². The summed E-state index contributed by atoms with van der Waals surface area (Å²) < 4.78 is -0.570. The van der Waals surface area contributed by atoms with E-state index < -0.39 is 4.32 Å². The summed E-state index contributed by atoms with van der Waals surface area (Å²) in [5, 5.41) is 11.5. The van der Waals surface area contributed by atoms with Crippen LogP contribution in [0.2, 0.25) is 0 Å². The smallest absolute Gasteiger partial charge is 0.236 e. The van der Waals surface area contributed by atoms with Crippen LogP contribution in [0.4, 0.5) is 0 Å². The highest BCUT2D eigenvalue weighted by Gasteiger charge is 2.22. The van der Waals surface area contributed by atoms with Gasteiger partial charge < -0.3 is 5.32 Å². The first-order valence-corrected chi connectivity index (χ1v) is 5.69. The number of hydrogen-bond acceptors (Lipinski definition) is 2. The van der Waals surface area contributed by atoms with E-state index in [0.29, 0.717) is 12.1 Å². The first kappa shape index (κ1) is 12.7. The van der Waals surface area contributed by atoms with E-state index in [1.165, 1.54) is 0 Å². The minimum Gasteiger partial charge on any atom is -0.351 e. The summed E-state index contributed by atoms with van der Waals surface area (Å²) in [7, 11) is 0. The lowest BCUT2D eigenvalue weighted by Crippen LogP contribution is -2.37. The molecule has 4 heteroatoms. The SMILES string of the molecule is CC(C)(Br)C(=O)NCc1cccc(C#N)c1. The van der Waals surface area contributed by atoms with Crippen LogP contribution in [0.5, 0.6) is 0 Å². The topological polar surface area (TPSA) is 52.9 Å². The van der Waals surface area contributed by atoms with Gasteiger partial charge in [-0.2, -0.15) is 5.26 Å². The van der Waals surface area contributed by atoms with Crippen molar-refractivity contribution < 1.29 is 4.79 Å². The molecular weight excluding hydrogens is 268 g/mol. The maximum Gasteiger partial charge on any atom is 0.236 e. The van der Waals surface area contributed by atoms with E-state index in [4.69, 9.17) is 5.26 Å². The van der Waals surface area contributed by atoms with Crippen molar-refractivity contribution in [3.8, 4) is 6.07 Å². The van der Waals surface area contributed by atoms with Crippen molar-refractivity contribution in [2.24, 2.45) is 0 Å². The average molecular weight is 281 g/mol. The summed E-state index contributed by atoms with van der Waals surface area (Å²) in [6, 6.07) is 9.25. The molecule has 84 valence electrons. The zero-order valence-corrected chi connectivity index (χ0v) is 10.8. The molecule has 0 radical (unpaired) electrons. The number of amides is 1. The first-order valence-electron chi connectivity index (χ1n) is 4.90. The Labute approximate surface area is 104 Å². The van der Waals surface area contributed by atoms with Crippen LogP contribution in [-0.4, -0.2) is 10.2 Å². The summed E-state index contributed by atoms with van der Waals surface area (Å²) in [6.45, 7) is 4.01. The number of hydrogen-bond donors (Lipinski definition) is 1. The molecule has 0 unspecified atom stereocenters. The molecule has 0 heterocycles. The average Bonchev–Trinajstić information content (AvgIpc) is 2.25. The van der Waals surface area contributed by atoms with Crippen molar-refractivity contribution in [3.05, 3.63) is 35.4 Å². The molecule has 0 bridgehead atoms. The van der Waals surface area contributed by atoms with Crippen molar-refractivity contribution in [1.82, 2.24) is 5.32 Å². The van der Waals surface area contributed by atoms with Crippen LogP contribution < -0.4 is 5.32 Å². The van der Waals surface area contributed by atoms with Gasteiger partial charge in [-0.1, -0.05) is 28.1 Å². The Morgan fingerprint density at radius 3 is 2.81 bits per heavy atom. The van der Waals surface area contributed by atoms with Crippen LogP contribution in [0, 0.1) is 11.3 Å². The lowest BCUT2D eigenvalue weighted by Gasteiger charge is -2.15. The molecule has 16 heavy (non-hydrogen) atoms. The molecule has 1 rings (SSSR count). The summed E-state index contributed by atoms with van der Waals surface area (Å²) >= 11 is 3.28. The van der Waals surface area contributed by atoms with E-state index in [1.807, 2.05) is 6.07 Å². The molecule has 1 amide bonds. The fourth-order valence-corrected chi connectivity index (χ4v) is 1.28. The molecule has 0 saturated heterocycles. The van der Waals surface area contributed by atoms with Gasteiger partial charge in [-0.15, -0.1) is 0 Å². The van der Waals surface area contributed by atoms with Gasteiger partial charge in [0.15, 0.2) is 0 Å². The van der Waals surface area contributed by atoms with Gasteiger partial charge in [0.1, 0.15) is 0 Å². The maximum atomic E-state index is 11.6. The Morgan fingerprint density at radius 1 is 1.56 bits per heavy atom. The molecule has 0 fully saturated rings. The number of nitrogens with zero attached hydrogens (tertiary/aromatic N) is 1. The number of nitrogens with one attached hydrogen (secondary N) is 1. The van der Waals surface area contributed by atoms with Gasteiger partial charge in [0, 0.05) is 6.54 Å². The van der Waals surface area contributed by atoms with Crippen molar-refractivity contribution in [2.45, 2.75) is 24.7 Å². The van der Waals surface area contributed by atoms with Gasteiger partial charge in [0.05, 0.1) is 16.0 Å². The normalized spacial score (nSPS) is 10.6. The molecule has 1 N–H and O–H groups in total. The summed E-state index contributed by atoms with van der Waals surface area (Å²) in [6.07, 6.45) is 0. The van der Waals surface area contributed by atoms with E-state index in [0.717, 1.165) is 5.56 Å². The highest BCUT2D eigenvalue weighted by Crippen LogP contribution is 2.15. The lowest BCUT2D eigenvalue weighted by molar-refractivity contribution is -0.122. The summed E-state index contributed by atoms with van der Waals surface area (Å²) in [4.78, 5) is 11.6. The largest absolute Gasteiger partial charge is 0.351 e. The fraction of sp³-hybridized carbons (Fsp3) is 0.333. The standard InChI is InChI=1S/C12H13BrN2O/c1-12(2,13)11(16)15-8-10-5-3-4-9(6-10)7-14/h3-6H,8H2,1-2H3,(H,15,16). The Bertz CT molecular complexity index is 429. The van der Waals surface area contributed by atoms with E-state index >= 15 is 0 Å². The molecule has 0 aliphatic heterocycles. The molecule has 0 aromatic heterocycles. The van der Waals surface area contributed by atoms with Crippen LogP contribution in [0.1, 0.15) is 25.0 Å². The second kappa shape index (κ2) is 5.13. The van der Waals surface area contributed by atoms with Crippen molar-refractivity contribution >= 4 is 21.8 Å². The predicted molar refractivity (Wildman–Crippen MR) is 66.0 cm³/mol. The van der Waals surface area contributed by atoms with Gasteiger partial charge >= 0.3 is 0 Å². The molecular formula is C12H13BrN2O. The van der Waals surface area contributed by atoms with Crippen LogP contribution in [0.3, 0.4) is 0 Å². The minimum absolute atomic E-state index is 0.0742.